The molecule has 20 heavy (non-hydrogen) atoms. The van der Waals surface area contributed by atoms with Crippen LogP contribution in [0.25, 0.3) is 0 Å². The third kappa shape index (κ3) is 3.94. The number of rotatable bonds is 7. The summed E-state index contributed by atoms with van der Waals surface area (Å²) < 4.78 is 23.7. The molecule has 0 radical (unpaired) electrons. The van der Waals surface area contributed by atoms with Crippen molar-refractivity contribution in [2.45, 2.75) is 51.5 Å². The molecule has 0 aromatic rings. The number of hydrogen-bond acceptors (Lipinski definition) is 4. The number of amides is 1. The van der Waals surface area contributed by atoms with E-state index in [9.17, 15) is 23.1 Å². The van der Waals surface area contributed by atoms with Crippen LogP contribution in [0.4, 0.5) is 0 Å². The van der Waals surface area contributed by atoms with Gasteiger partial charge in [0, 0.05) is 6.54 Å². The lowest BCUT2D eigenvalue weighted by molar-refractivity contribution is -0.154. The lowest BCUT2D eigenvalue weighted by Crippen LogP contribution is -2.52. The van der Waals surface area contributed by atoms with E-state index in [0.29, 0.717) is 25.8 Å². The highest BCUT2D eigenvalue weighted by Gasteiger charge is 2.46. The highest BCUT2D eigenvalue weighted by atomic mass is 32.2. The maximum Gasteiger partial charge on any atom is 0.329 e. The van der Waals surface area contributed by atoms with Gasteiger partial charge in [-0.25, -0.2) is 13.2 Å². The number of nitrogens with zero attached hydrogens (tertiary/aromatic N) is 1. The highest BCUT2D eigenvalue weighted by molar-refractivity contribution is 7.92. The average Bonchev–Trinajstić information content (AvgIpc) is 2.72. The summed E-state index contributed by atoms with van der Waals surface area (Å²) in [6.45, 7) is 3.76. The van der Waals surface area contributed by atoms with Gasteiger partial charge < -0.3 is 10.0 Å². The molecule has 1 aliphatic heterocycles. The van der Waals surface area contributed by atoms with Crippen molar-refractivity contribution in [3.63, 3.8) is 0 Å². The van der Waals surface area contributed by atoms with Gasteiger partial charge >= 0.3 is 5.97 Å². The molecule has 1 atom stereocenters. The predicted octanol–water partition coefficient (Wildman–Crippen LogP) is 1.06. The number of aliphatic carboxylic acids is 1. The van der Waals surface area contributed by atoms with Crippen LogP contribution in [0.1, 0.15) is 46.0 Å². The van der Waals surface area contributed by atoms with E-state index in [1.165, 1.54) is 11.8 Å². The number of unbranched alkanes of at least 4 members (excludes halogenated alkanes) is 2. The van der Waals surface area contributed by atoms with E-state index in [0.717, 1.165) is 12.8 Å². The van der Waals surface area contributed by atoms with Gasteiger partial charge in [-0.3, -0.25) is 4.79 Å². The van der Waals surface area contributed by atoms with Gasteiger partial charge in [-0.05, 0) is 26.2 Å². The number of carboxylic acids is 1. The van der Waals surface area contributed by atoms with Gasteiger partial charge in [-0.1, -0.05) is 19.8 Å². The summed E-state index contributed by atoms with van der Waals surface area (Å²) in [7, 11) is -3.45. The Labute approximate surface area is 120 Å². The molecule has 1 N–H and O–H groups in total. The number of carbonyl (C=O) groups is 2. The molecule has 1 rings (SSSR count). The van der Waals surface area contributed by atoms with E-state index >= 15 is 0 Å². The Balaban J connectivity index is 2.69. The van der Waals surface area contributed by atoms with E-state index in [1.54, 1.807) is 0 Å². The van der Waals surface area contributed by atoms with Crippen molar-refractivity contribution in [2.75, 3.05) is 18.1 Å². The molecule has 0 spiro atoms. The van der Waals surface area contributed by atoms with Crippen molar-refractivity contribution in [1.29, 1.82) is 0 Å². The van der Waals surface area contributed by atoms with Crippen molar-refractivity contribution in [2.24, 2.45) is 0 Å². The van der Waals surface area contributed by atoms with Gasteiger partial charge in [-0.15, -0.1) is 0 Å². The first kappa shape index (κ1) is 16.9. The minimum Gasteiger partial charge on any atom is -0.480 e. The second-order valence-electron chi connectivity index (χ2n) is 5.53. The van der Waals surface area contributed by atoms with Crippen LogP contribution in [0.15, 0.2) is 0 Å². The molecule has 1 unspecified atom stereocenters. The zero-order valence-electron chi connectivity index (χ0n) is 12.1. The van der Waals surface area contributed by atoms with Crippen molar-refractivity contribution < 1.29 is 23.1 Å². The Morgan fingerprint density at radius 2 is 1.95 bits per heavy atom. The molecule has 0 bridgehead atoms. The van der Waals surface area contributed by atoms with Gasteiger partial charge in [0.15, 0.2) is 9.84 Å². The molecule has 1 fully saturated rings. The van der Waals surface area contributed by atoms with Crippen LogP contribution in [0, 0.1) is 0 Å². The van der Waals surface area contributed by atoms with E-state index < -0.39 is 33.0 Å². The highest BCUT2D eigenvalue weighted by Crippen LogP contribution is 2.29. The second kappa shape index (κ2) is 6.56. The Kier molecular flexibility index (Phi) is 5.56. The molecule has 116 valence electrons. The predicted molar refractivity (Wildman–Crippen MR) is 75.2 cm³/mol. The third-order valence-corrected chi connectivity index (χ3v) is 5.40. The van der Waals surface area contributed by atoms with Gasteiger partial charge in [0.1, 0.15) is 11.3 Å². The van der Waals surface area contributed by atoms with E-state index in [1.807, 2.05) is 6.92 Å². The Morgan fingerprint density at radius 1 is 1.30 bits per heavy atom. The summed E-state index contributed by atoms with van der Waals surface area (Å²) in [5.74, 6) is -2.26. The summed E-state index contributed by atoms with van der Waals surface area (Å²) in [6, 6.07) is 0. The molecular formula is C13H23NO5S. The van der Waals surface area contributed by atoms with Crippen LogP contribution < -0.4 is 0 Å². The number of likely N-dealkylation sites (tertiary alicyclic amines) is 1. The number of carboxylic acid groups (broad SMARTS) is 1. The fourth-order valence-electron chi connectivity index (χ4n) is 2.50. The van der Waals surface area contributed by atoms with Gasteiger partial charge in [0.25, 0.3) is 0 Å². The van der Waals surface area contributed by atoms with E-state index in [4.69, 9.17) is 0 Å². The number of hydrogen-bond donors (Lipinski definition) is 1. The van der Waals surface area contributed by atoms with Crippen LogP contribution in [0.5, 0.6) is 0 Å². The molecule has 6 nitrogen and oxygen atoms in total. The maximum atomic E-state index is 12.1. The minimum atomic E-state index is -3.45. The zero-order chi connectivity index (χ0) is 15.4. The molecule has 7 heteroatoms. The first-order valence-electron chi connectivity index (χ1n) is 6.97. The molecule has 1 aliphatic rings. The molecule has 1 amide bonds. The Hall–Kier alpha value is -1.11. The Bertz CT molecular complexity index is 473. The van der Waals surface area contributed by atoms with Gasteiger partial charge in [-0.2, -0.15) is 0 Å². The van der Waals surface area contributed by atoms with E-state index in [-0.39, 0.29) is 5.75 Å². The smallest absolute Gasteiger partial charge is 0.329 e. The third-order valence-electron chi connectivity index (χ3n) is 3.81. The van der Waals surface area contributed by atoms with Gasteiger partial charge in [0.2, 0.25) is 5.91 Å². The first-order chi connectivity index (χ1) is 9.23. The van der Waals surface area contributed by atoms with Crippen LogP contribution in [0.2, 0.25) is 0 Å². The first-order valence-corrected chi connectivity index (χ1v) is 8.79. The Morgan fingerprint density at radius 3 is 2.50 bits per heavy atom. The van der Waals surface area contributed by atoms with E-state index in [2.05, 4.69) is 0 Å². The molecule has 0 aromatic heterocycles. The SMILES string of the molecule is CCCCCS(=O)(=O)CC(=O)N1CCCC1(C)C(=O)O. The van der Waals surface area contributed by atoms with Crippen LogP contribution in [-0.2, 0) is 19.4 Å². The quantitative estimate of drug-likeness (QED) is 0.710. The van der Waals surface area contributed by atoms with Crippen molar-refractivity contribution in [1.82, 2.24) is 4.90 Å². The van der Waals surface area contributed by atoms with Gasteiger partial charge in [0.05, 0.1) is 5.75 Å². The second-order valence-corrected chi connectivity index (χ2v) is 7.71. The topological polar surface area (TPSA) is 91.8 Å². The van der Waals surface area contributed by atoms with Crippen LogP contribution in [-0.4, -0.2) is 53.9 Å². The maximum absolute atomic E-state index is 12.1. The summed E-state index contributed by atoms with van der Waals surface area (Å²) >= 11 is 0. The summed E-state index contributed by atoms with van der Waals surface area (Å²) in [6.07, 6.45) is 3.22. The fourth-order valence-corrected chi connectivity index (χ4v) is 3.82. The van der Waals surface area contributed by atoms with Crippen LogP contribution in [0.3, 0.4) is 0 Å². The average molecular weight is 305 g/mol. The standard InChI is InChI=1S/C13H23NO5S/c1-3-4-5-9-20(18,19)10-11(15)14-8-6-7-13(14,2)12(16)17/h3-10H2,1-2H3,(H,16,17). The fraction of sp³-hybridized carbons (Fsp3) is 0.846. The molecule has 1 saturated heterocycles. The monoisotopic (exact) mass is 305 g/mol. The van der Waals surface area contributed by atoms with Crippen molar-refractivity contribution >= 4 is 21.7 Å². The molecule has 0 aliphatic carbocycles. The summed E-state index contributed by atoms with van der Waals surface area (Å²) in [4.78, 5) is 24.6. The zero-order valence-corrected chi connectivity index (χ0v) is 12.9. The van der Waals surface area contributed by atoms with Crippen molar-refractivity contribution in [3.8, 4) is 0 Å². The minimum absolute atomic E-state index is 0.00972. The summed E-state index contributed by atoms with van der Waals surface area (Å²) in [5, 5.41) is 9.22. The largest absolute Gasteiger partial charge is 0.480 e. The van der Waals surface area contributed by atoms with Crippen molar-refractivity contribution in [3.05, 3.63) is 0 Å². The molecule has 1 heterocycles. The molecule has 0 aromatic carbocycles. The number of sulfone groups is 1. The van der Waals surface area contributed by atoms with Crippen LogP contribution >= 0.6 is 0 Å². The molecular weight excluding hydrogens is 282 g/mol. The number of carbonyl (C=O) groups excluding carboxylic acids is 1. The molecule has 0 saturated carbocycles. The lowest BCUT2D eigenvalue weighted by atomic mass is 9.99. The summed E-state index contributed by atoms with van der Waals surface area (Å²) in [5.41, 5.74) is -1.27. The normalized spacial score (nSPS) is 23.0. The lowest BCUT2D eigenvalue weighted by Gasteiger charge is -2.31.